The molecular weight excluding hydrogens is 767 g/mol. The number of hydrogen-bond acceptors (Lipinski definition) is 4. The van der Waals surface area contributed by atoms with Crippen molar-refractivity contribution in [2.24, 2.45) is 0 Å². The van der Waals surface area contributed by atoms with Crippen LogP contribution >= 0.6 is 0 Å². The zero-order valence-corrected chi connectivity index (χ0v) is 34.0. The third-order valence-corrected chi connectivity index (χ3v) is 12.7. The van der Waals surface area contributed by atoms with Crippen LogP contribution in [0, 0.1) is 0 Å². The zero-order valence-electron chi connectivity index (χ0n) is 34.0. The molecule has 4 heteroatoms. The molecule has 2 aromatic heterocycles. The zero-order chi connectivity index (χ0) is 41.4. The highest BCUT2D eigenvalue weighted by Crippen LogP contribution is 2.45. The van der Waals surface area contributed by atoms with E-state index in [1.807, 2.05) is 12.1 Å². The van der Waals surface area contributed by atoms with Gasteiger partial charge in [-0.2, -0.15) is 0 Å². The van der Waals surface area contributed by atoms with Crippen LogP contribution in [0.5, 0.6) is 0 Å². The first-order valence-corrected chi connectivity index (χ1v) is 21.4. The number of nitrogens with zero attached hydrogens (tertiary/aromatic N) is 3. The summed E-state index contributed by atoms with van der Waals surface area (Å²) in [7, 11) is 0. The SMILES string of the molecule is c1ccc2c(-c3ccc4ccccc4c3-c3nc(-c4c(-c5cc6ccccc6c6ccccc56)ccc5ccccc45)nc(-c4cccc5c4oc4ccccc45)n3)cccc2c1. The molecule has 2 heterocycles. The Labute approximate surface area is 362 Å². The second kappa shape index (κ2) is 14.1. The fourth-order valence-corrected chi connectivity index (χ4v) is 9.85. The van der Waals surface area contributed by atoms with Gasteiger partial charge in [0.1, 0.15) is 11.2 Å². The Morgan fingerprint density at radius 3 is 1.41 bits per heavy atom. The molecule has 13 rings (SSSR count). The third-order valence-electron chi connectivity index (χ3n) is 12.7. The number of hydrogen-bond donors (Lipinski definition) is 0. The molecule has 0 N–H and O–H groups in total. The lowest BCUT2D eigenvalue weighted by Crippen LogP contribution is -2.03. The lowest BCUT2D eigenvalue weighted by molar-refractivity contribution is 0.669. The summed E-state index contributed by atoms with van der Waals surface area (Å²) in [5.41, 5.74) is 8.60. The summed E-state index contributed by atoms with van der Waals surface area (Å²) in [5, 5.41) is 13.5. The first-order valence-electron chi connectivity index (χ1n) is 21.4. The van der Waals surface area contributed by atoms with E-state index in [0.29, 0.717) is 17.5 Å². The van der Waals surface area contributed by atoms with Gasteiger partial charge in [-0.05, 0) is 94.3 Å². The predicted octanol–water partition coefficient (Wildman–Crippen LogP) is 15.9. The molecule has 0 aliphatic carbocycles. The molecule has 0 spiro atoms. The fraction of sp³-hybridized carbons (Fsp3) is 0. The van der Waals surface area contributed by atoms with Crippen LogP contribution in [-0.4, -0.2) is 15.0 Å². The average molecular weight is 802 g/mol. The van der Waals surface area contributed by atoms with Gasteiger partial charge in [0, 0.05) is 21.9 Å². The molecule has 0 saturated heterocycles. The Bertz CT molecular complexity index is 3990. The van der Waals surface area contributed by atoms with E-state index >= 15 is 0 Å². The van der Waals surface area contributed by atoms with E-state index in [4.69, 9.17) is 19.4 Å². The maximum absolute atomic E-state index is 6.69. The van der Waals surface area contributed by atoms with Gasteiger partial charge in [0.15, 0.2) is 17.5 Å². The molecule has 63 heavy (non-hydrogen) atoms. The second-order valence-corrected chi connectivity index (χ2v) is 16.2. The van der Waals surface area contributed by atoms with Crippen LogP contribution in [0.2, 0.25) is 0 Å². The lowest BCUT2D eigenvalue weighted by Gasteiger charge is -2.19. The molecule has 13 aromatic rings. The van der Waals surface area contributed by atoms with Gasteiger partial charge in [-0.15, -0.1) is 0 Å². The molecule has 0 atom stereocenters. The molecule has 0 unspecified atom stereocenters. The minimum absolute atomic E-state index is 0.540. The molecule has 11 aromatic carbocycles. The van der Waals surface area contributed by atoms with Gasteiger partial charge in [0.05, 0.1) is 5.56 Å². The van der Waals surface area contributed by atoms with Gasteiger partial charge >= 0.3 is 0 Å². The second-order valence-electron chi connectivity index (χ2n) is 16.2. The number of benzene rings is 11. The first-order chi connectivity index (χ1) is 31.2. The van der Waals surface area contributed by atoms with Crippen molar-refractivity contribution in [3.63, 3.8) is 0 Å². The van der Waals surface area contributed by atoms with Gasteiger partial charge in [0.25, 0.3) is 0 Å². The van der Waals surface area contributed by atoms with Crippen molar-refractivity contribution in [2.75, 3.05) is 0 Å². The summed E-state index contributed by atoms with van der Waals surface area (Å²) in [6.07, 6.45) is 0. The van der Waals surface area contributed by atoms with Crippen molar-refractivity contribution >= 4 is 75.8 Å². The van der Waals surface area contributed by atoms with E-state index < -0.39 is 0 Å². The van der Waals surface area contributed by atoms with Crippen LogP contribution in [0.15, 0.2) is 217 Å². The summed E-state index contributed by atoms with van der Waals surface area (Å²) in [4.78, 5) is 16.7. The number of fused-ring (bicyclic) bond motifs is 9. The van der Waals surface area contributed by atoms with Crippen molar-refractivity contribution in [3.8, 4) is 56.4 Å². The van der Waals surface area contributed by atoms with Crippen molar-refractivity contribution in [2.45, 2.75) is 0 Å². The van der Waals surface area contributed by atoms with Crippen molar-refractivity contribution in [3.05, 3.63) is 212 Å². The van der Waals surface area contributed by atoms with E-state index in [1.54, 1.807) is 0 Å². The van der Waals surface area contributed by atoms with Gasteiger partial charge in [-0.1, -0.05) is 194 Å². The van der Waals surface area contributed by atoms with Crippen molar-refractivity contribution < 1.29 is 4.42 Å². The number of para-hydroxylation sites is 2. The van der Waals surface area contributed by atoms with Crippen LogP contribution in [0.25, 0.3) is 132 Å². The van der Waals surface area contributed by atoms with Gasteiger partial charge in [-0.25, -0.2) is 15.0 Å². The predicted molar refractivity (Wildman–Crippen MR) is 262 cm³/mol. The molecule has 0 fully saturated rings. The normalized spacial score (nSPS) is 11.8. The highest BCUT2D eigenvalue weighted by molar-refractivity contribution is 6.17. The summed E-state index contributed by atoms with van der Waals surface area (Å²) < 4.78 is 6.69. The van der Waals surface area contributed by atoms with Crippen LogP contribution in [-0.2, 0) is 0 Å². The van der Waals surface area contributed by atoms with Crippen LogP contribution in [0.1, 0.15) is 0 Å². The molecule has 292 valence electrons. The summed E-state index contributed by atoms with van der Waals surface area (Å²) in [5.74, 6) is 1.72. The van der Waals surface area contributed by atoms with Gasteiger partial charge in [0.2, 0.25) is 0 Å². The maximum Gasteiger partial charge on any atom is 0.167 e. The Morgan fingerprint density at radius 1 is 0.254 bits per heavy atom. The third kappa shape index (κ3) is 5.59. The molecule has 4 nitrogen and oxygen atoms in total. The number of aromatic nitrogens is 3. The average Bonchev–Trinajstić information content (AvgIpc) is 3.74. The Balaban J connectivity index is 1.18. The van der Waals surface area contributed by atoms with E-state index in [-0.39, 0.29) is 0 Å². The summed E-state index contributed by atoms with van der Waals surface area (Å²) in [6.45, 7) is 0. The highest BCUT2D eigenvalue weighted by Gasteiger charge is 2.24. The summed E-state index contributed by atoms with van der Waals surface area (Å²) >= 11 is 0. The minimum Gasteiger partial charge on any atom is -0.455 e. The smallest absolute Gasteiger partial charge is 0.167 e. The highest BCUT2D eigenvalue weighted by atomic mass is 16.3. The van der Waals surface area contributed by atoms with Crippen LogP contribution < -0.4 is 0 Å². The fourth-order valence-electron chi connectivity index (χ4n) is 9.85. The molecule has 0 radical (unpaired) electrons. The molecule has 0 saturated carbocycles. The van der Waals surface area contributed by atoms with Crippen molar-refractivity contribution in [1.29, 1.82) is 0 Å². The lowest BCUT2D eigenvalue weighted by atomic mass is 9.88. The standard InChI is InChI=1S/C59H35N3O/c1-5-20-40-36(15-1)19-13-27-45(40)48-33-31-37-16-2-7-22-42(37)54(48)58-60-57(51-29-14-28-50-47-26-11-12-30-53(47)63-56(50)51)61-59(62-58)55-43-23-8-3-17-38(43)32-34-49(55)52-35-39-18-4-6-21-41(39)44-24-9-10-25-46(44)52/h1-35H. The van der Waals surface area contributed by atoms with E-state index in [0.717, 1.165) is 87.8 Å². The first kappa shape index (κ1) is 35.3. The van der Waals surface area contributed by atoms with E-state index in [1.165, 1.54) is 26.9 Å². The Kier molecular flexibility index (Phi) is 7.87. The molecule has 0 aliphatic rings. The van der Waals surface area contributed by atoms with E-state index in [9.17, 15) is 0 Å². The van der Waals surface area contributed by atoms with E-state index in [2.05, 4.69) is 200 Å². The maximum atomic E-state index is 6.69. The van der Waals surface area contributed by atoms with Crippen LogP contribution in [0.3, 0.4) is 0 Å². The largest absolute Gasteiger partial charge is 0.455 e. The Morgan fingerprint density at radius 2 is 0.714 bits per heavy atom. The van der Waals surface area contributed by atoms with Gasteiger partial charge in [-0.3, -0.25) is 0 Å². The number of rotatable bonds is 5. The number of furan rings is 1. The topological polar surface area (TPSA) is 51.8 Å². The Hall–Kier alpha value is -8.47. The quantitative estimate of drug-likeness (QED) is 0.163. The van der Waals surface area contributed by atoms with Crippen LogP contribution in [0.4, 0.5) is 0 Å². The molecule has 0 aliphatic heterocycles. The molecule has 0 bridgehead atoms. The van der Waals surface area contributed by atoms with Crippen molar-refractivity contribution in [1.82, 2.24) is 15.0 Å². The minimum atomic E-state index is 0.540. The molecular formula is C59H35N3O. The summed E-state index contributed by atoms with van der Waals surface area (Å²) in [6, 6.07) is 75.3. The molecule has 0 amide bonds. The monoisotopic (exact) mass is 801 g/mol. The van der Waals surface area contributed by atoms with Gasteiger partial charge < -0.3 is 4.42 Å².